The highest BCUT2D eigenvalue weighted by Crippen LogP contribution is 2.33. The van der Waals surface area contributed by atoms with Gasteiger partial charge in [-0.05, 0) is 48.0 Å². The van der Waals surface area contributed by atoms with Gasteiger partial charge in [-0.15, -0.1) is 0 Å². The summed E-state index contributed by atoms with van der Waals surface area (Å²) in [6.45, 7) is 6.23. The van der Waals surface area contributed by atoms with Crippen molar-refractivity contribution in [2.75, 3.05) is 5.32 Å². The molecule has 1 amide bonds. The highest BCUT2D eigenvalue weighted by atomic mass is 19.4. The van der Waals surface area contributed by atoms with Crippen LogP contribution in [0.5, 0.6) is 11.5 Å². The number of amides is 1. The van der Waals surface area contributed by atoms with Crippen molar-refractivity contribution in [1.29, 1.82) is 0 Å². The summed E-state index contributed by atoms with van der Waals surface area (Å²) in [4.78, 5) is 24.3. The van der Waals surface area contributed by atoms with Crippen LogP contribution in [0.15, 0.2) is 73.1 Å². The highest BCUT2D eigenvalue weighted by Gasteiger charge is 2.34. The number of hydrogen-bond acceptors (Lipinski definition) is 4. The van der Waals surface area contributed by atoms with Crippen LogP contribution in [0.4, 0.5) is 23.2 Å². The van der Waals surface area contributed by atoms with E-state index in [2.05, 4.69) is 41.0 Å². The third kappa shape index (κ3) is 6.64. The lowest BCUT2D eigenvalue weighted by Gasteiger charge is -2.15. The van der Waals surface area contributed by atoms with E-state index in [0.717, 1.165) is 17.8 Å². The van der Waals surface area contributed by atoms with Crippen LogP contribution in [0, 0.1) is 5.82 Å². The number of imidazole rings is 1. The van der Waals surface area contributed by atoms with Gasteiger partial charge in [-0.2, -0.15) is 13.2 Å². The summed E-state index contributed by atoms with van der Waals surface area (Å²) in [5, 5.41) is 2.30. The maximum atomic E-state index is 13.5. The van der Waals surface area contributed by atoms with E-state index in [0.29, 0.717) is 40.7 Å². The van der Waals surface area contributed by atoms with Crippen LogP contribution in [0.2, 0.25) is 0 Å². The van der Waals surface area contributed by atoms with Gasteiger partial charge in [0.25, 0.3) is 0 Å². The number of halogens is 4. The Labute approximate surface area is 216 Å². The van der Waals surface area contributed by atoms with Crippen molar-refractivity contribution in [2.24, 2.45) is 0 Å². The molecule has 0 atom stereocenters. The summed E-state index contributed by atoms with van der Waals surface area (Å²) in [6, 6.07) is 12.6. The number of pyridine rings is 1. The Kier molecular flexibility index (Phi) is 7.34. The fourth-order valence-corrected chi connectivity index (χ4v) is 3.43. The number of aromatic nitrogens is 3. The van der Waals surface area contributed by atoms with Crippen LogP contribution in [-0.2, 0) is 16.4 Å². The number of ether oxygens (including phenoxy) is 1. The van der Waals surface area contributed by atoms with Gasteiger partial charge in [0.15, 0.2) is 5.82 Å². The van der Waals surface area contributed by atoms with Gasteiger partial charge in [-0.25, -0.2) is 9.37 Å². The Bertz CT molecular complexity index is 1490. The van der Waals surface area contributed by atoms with Crippen molar-refractivity contribution in [3.63, 3.8) is 0 Å². The average Bonchev–Trinajstić information content (AvgIpc) is 3.35. The molecular formula is C28H24F4N4O2. The van der Waals surface area contributed by atoms with Crippen molar-refractivity contribution in [3.05, 3.63) is 95.7 Å². The van der Waals surface area contributed by atoms with Gasteiger partial charge in [0.2, 0.25) is 5.91 Å². The number of benzene rings is 2. The number of nitrogens with one attached hydrogen (secondary N) is 2. The second-order valence-corrected chi connectivity index (χ2v) is 9.46. The van der Waals surface area contributed by atoms with Crippen LogP contribution in [0.25, 0.3) is 17.6 Å². The summed E-state index contributed by atoms with van der Waals surface area (Å²) < 4.78 is 58.1. The number of alkyl halides is 3. The van der Waals surface area contributed by atoms with E-state index in [1.807, 2.05) is 0 Å². The maximum Gasteiger partial charge on any atom is 0.419 e. The molecule has 0 fully saturated rings. The maximum absolute atomic E-state index is 13.5. The zero-order chi connectivity index (χ0) is 27.5. The number of carbonyl (C=O) groups is 1. The summed E-state index contributed by atoms with van der Waals surface area (Å²) in [6.07, 6.45) is 1.15. The van der Waals surface area contributed by atoms with E-state index < -0.39 is 23.5 Å². The molecule has 0 spiro atoms. The fourth-order valence-electron chi connectivity index (χ4n) is 3.43. The van der Waals surface area contributed by atoms with Crippen LogP contribution in [-0.4, -0.2) is 20.9 Å². The third-order valence-corrected chi connectivity index (χ3v) is 5.42. The molecule has 4 rings (SSSR count). The molecule has 0 saturated heterocycles. The van der Waals surface area contributed by atoms with Crippen molar-refractivity contribution in [3.8, 4) is 23.0 Å². The smallest absolute Gasteiger partial charge is 0.419 e. The standard InChI is InChI=1S/C28H24F4N4O2/c1-27(2,3)24-16-34-26(36-24)23-15-20(11-12-33-23)38-19-6-4-5-17(13-19)7-10-25(37)35-18-8-9-22(29)21(14-18)28(30,31)32/h4-16H,1-3H3,(H,34,36)(H,35,37)/b10-7+. The summed E-state index contributed by atoms with van der Waals surface area (Å²) in [7, 11) is 0. The van der Waals surface area contributed by atoms with E-state index in [1.165, 1.54) is 6.08 Å². The van der Waals surface area contributed by atoms with E-state index in [9.17, 15) is 22.4 Å². The number of anilines is 1. The zero-order valence-corrected chi connectivity index (χ0v) is 20.7. The van der Waals surface area contributed by atoms with Crippen molar-refractivity contribution in [1.82, 2.24) is 15.0 Å². The number of hydrogen-bond donors (Lipinski definition) is 2. The monoisotopic (exact) mass is 524 g/mol. The second-order valence-electron chi connectivity index (χ2n) is 9.46. The molecule has 0 bridgehead atoms. The van der Waals surface area contributed by atoms with Crippen molar-refractivity contribution >= 4 is 17.7 Å². The summed E-state index contributed by atoms with van der Waals surface area (Å²) in [5.74, 6) is -0.454. The van der Waals surface area contributed by atoms with Crippen LogP contribution >= 0.6 is 0 Å². The molecule has 0 aliphatic heterocycles. The molecule has 0 aliphatic rings. The number of H-pyrrole nitrogens is 1. The summed E-state index contributed by atoms with van der Waals surface area (Å²) >= 11 is 0. The fraction of sp³-hybridized carbons (Fsp3) is 0.179. The number of nitrogens with zero attached hydrogens (tertiary/aromatic N) is 2. The van der Waals surface area contributed by atoms with Gasteiger partial charge in [-0.1, -0.05) is 32.9 Å². The second kappa shape index (κ2) is 10.5. The lowest BCUT2D eigenvalue weighted by atomic mass is 9.93. The van der Waals surface area contributed by atoms with Gasteiger partial charge in [-0.3, -0.25) is 9.78 Å². The Morgan fingerprint density at radius 3 is 2.47 bits per heavy atom. The Hall–Kier alpha value is -4.47. The van der Waals surface area contributed by atoms with Gasteiger partial charge >= 0.3 is 6.18 Å². The van der Waals surface area contributed by atoms with Gasteiger partial charge in [0.1, 0.15) is 23.0 Å². The predicted molar refractivity (Wildman–Crippen MR) is 136 cm³/mol. The minimum Gasteiger partial charge on any atom is -0.457 e. The highest BCUT2D eigenvalue weighted by molar-refractivity contribution is 6.02. The lowest BCUT2D eigenvalue weighted by molar-refractivity contribution is -0.140. The lowest BCUT2D eigenvalue weighted by Crippen LogP contribution is -2.12. The molecule has 10 heteroatoms. The first kappa shape index (κ1) is 26.6. The average molecular weight is 525 g/mol. The zero-order valence-electron chi connectivity index (χ0n) is 20.7. The first-order valence-electron chi connectivity index (χ1n) is 11.5. The largest absolute Gasteiger partial charge is 0.457 e. The quantitative estimate of drug-likeness (QED) is 0.204. The third-order valence-electron chi connectivity index (χ3n) is 5.42. The van der Waals surface area contributed by atoms with Gasteiger partial charge in [0, 0.05) is 41.3 Å². The topological polar surface area (TPSA) is 79.9 Å². The van der Waals surface area contributed by atoms with Crippen LogP contribution in [0.1, 0.15) is 37.6 Å². The van der Waals surface area contributed by atoms with Crippen LogP contribution in [0.3, 0.4) is 0 Å². The number of aromatic amines is 1. The molecule has 2 N–H and O–H groups in total. The molecule has 4 aromatic rings. The minimum absolute atomic E-state index is 0.0881. The van der Waals surface area contributed by atoms with Crippen molar-refractivity contribution < 1.29 is 27.1 Å². The van der Waals surface area contributed by atoms with Crippen LogP contribution < -0.4 is 10.1 Å². The van der Waals surface area contributed by atoms with Gasteiger partial charge in [0.05, 0.1) is 5.56 Å². The normalized spacial score (nSPS) is 12.1. The molecular weight excluding hydrogens is 500 g/mol. The molecule has 2 heterocycles. The SMILES string of the molecule is CC(C)(C)c1cnc(-c2cc(Oc3cccc(/C=C/C(=O)Nc4ccc(F)c(C(F)(F)F)c4)c3)ccn2)[nH]1. The minimum atomic E-state index is -4.87. The number of rotatable bonds is 6. The molecule has 38 heavy (non-hydrogen) atoms. The summed E-state index contributed by atoms with van der Waals surface area (Å²) in [5.41, 5.74) is 0.484. The molecule has 0 aliphatic carbocycles. The molecule has 0 unspecified atom stereocenters. The molecule has 0 saturated carbocycles. The van der Waals surface area contributed by atoms with Crippen molar-refractivity contribution in [2.45, 2.75) is 32.4 Å². The predicted octanol–water partition coefficient (Wildman–Crippen LogP) is 7.37. The van der Waals surface area contributed by atoms with E-state index in [4.69, 9.17) is 4.74 Å². The van der Waals surface area contributed by atoms with E-state index in [1.54, 1.807) is 48.8 Å². The first-order chi connectivity index (χ1) is 17.9. The van der Waals surface area contributed by atoms with E-state index >= 15 is 0 Å². The Balaban J connectivity index is 1.44. The molecule has 6 nitrogen and oxygen atoms in total. The Morgan fingerprint density at radius 2 is 1.76 bits per heavy atom. The van der Waals surface area contributed by atoms with E-state index in [-0.39, 0.29) is 11.1 Å². The number of carbonyl (C=O) groups excluding carboxylic acids is 1. The molecule has 0 radical (unpaired) electrons. The molecule has 2 aromatic heterocycles. The molecule has 2 aromatic carbocycles. The molecule has 196 valence electrons. The Morgan fingerprint density at radius 1 is 1.00 bits per heavy atom. The first-order valence-corrected chi connectivity index (χ1v) is 11.5. The van der Waals surface area contributed by atoms with Gasteiger partial charge < -0.3 is 15.0 Å².